The monoisotopic (exact) mass is 210 g/mol. The highest BCUT2D eigenvalue weighted by atomic mass is 15.2. The van der Waals surface area contributed by atoms with Gasteiger partial charge in [0, 0.05) is 29.8 Å². The molecule has 0 aliphatic rings. The van der Waals surface area contributed by atoms with Crippen molar-refractivity contribution in [1.29, 1.82) is 0 Å². The zero-order valence-corrected chi connectivity index (χ0v) is 8.83. The van der Waals surface area contributed by atoms with Crippen LogP contribution in [-0.4, -0.2) is 19.6 Å². The van der Waals surface area contributed by atoms with E-state index in [1.165, 1.54) is 0 Å². The Morgan fingerprint density at radius 2 is 2.12 bits per heavy atom. The smallest absolute Gasteiger partial charge is 0.162 e. The summed E-state index contributed by atoms with van der Waals surface area (Å²) in [5.41, 5.74) is 3.99. The minimum absolute atomic E-state index is 0.869. The second kappa shape index (κ2) is 3.41. The van der Waals surface area contributed by atoms with Gasteiger partial charge in [0.05, 0.1) is 6.20 Å². The summed E-state index contributed by atoms with van der Waals surface area (Å²) in [5.74, 6) is 0. The van der Waals surface area contributed by atoms with Crippen LogP contribution >= 0.6 is 0 Å². The Morgan fingerprint density at radius 1 is 1.19 bits per heavy atom. The van der Waals surface area contributed by atoms with E-state index in [9.17, 15) is 0 Å². The molecule has 4 heteroatoms. The molecule has 3 aromatic rings. The SMILES string of the molecule is Cc1cc(-c2cnn3cccnc23)ccn1. The van der Waals surface area contributed by atoms with Crippen molar-refractivity contribution in [3.05, 3.63) is 48.7 Å². The zero-order chi connectivity index (χ0) is 11.0. The van der Waals surface area contributed by atoms with Crippen LogP contribution in [0.15, 0.2) is 43.0 Å². The number of fused-ring (bicyclic) bond motifs is 1. The predicted octanol–water partition coefficient (Wildman–Crippen LogP) is 2.10. The van der Waals surface area contributed by atoms with E-state index in [4.69, 9.17) is 0 Å². The molecule has 0 unspecified atom stereocenters. The number of aryl methyl sites for hydroxylation is 1. The lowest BCUT2D eigenvalue weighted by atomic mass is 10.1. The summed E-state index contributed by atoms with van der Waals surface area (Å²) in [5, 5.41) is 4.26. The van der Waals surface area contributed by atoms with E-state index in [2.05, 4.69) is 15.1 Å². The minimum Gasteiger partial charge on any atom is -0.262 e. The first-order valence-corrected chi connectivity index (χ1v) is 5.06. The van der Waals surface area contributed by atoms with E-state index in [1.807, 2.05) is 37.5 Å². The number of aromatic nitrogens is 4. The second-order valence-electron chi connectivity index (χ2n) is 3.63. The molecule has 0 amide bonds. The molecular weight excluding hydrogens is 200 g/mol. The molecule has 0 fully saturated rings. The number of hydrogen-bond acceptors (Lipinski definition) is 3. The quantitative estimate of drug-likeness (QED) is 0.617. The first-order chi connectivity index (χ1) is 7.84. The van der Waals surface area contributed by atoms with Crippen molar-refractivity contribution in [3.8, 4) is 11.1 Å². The van der Waals surface area contributed by atoms with Crippen molar-refractivity contribution in [3.63, 3.8) is 0 Å². The normalized spacial score (nSPS) is 10.8. The van der Waals surface area contributed by atoms with Crippen molar-refractivity contribution >= 4 is 5.65 Å². The van der Waals surface area contributed by atoms with Gasteiger partial charge in [0.15, 0.2) is 5.65 Å². The number of nitrogens with zero attached hydrogens (tertiary/aromatic N) is 4. The molecule has 0 radical (unpaired) electrons. The molecule has 0 aliphatic carbocycles. The maximum atomic E-state index is 4.33. The molecule has 0 saturated heterocycles. The predicted molar refractivity (Wildman–Crippen MR) is 61.0 cm³/mol. The number of hydrogen-bond donors (Lipinski definition) is 0. The van der Waals surface area contributed by atoms with Gasteiger partial charge in [-0.15, -0.1) is 0 Å². The fraction of sp³-hybridized carbons (Fsp3) is 0.0833. The van der Waals surface area contributed by atoms with Crippen LogP contribution in [0.1, 0.15) is 5.69 Å². The molecule has 0 atom stereocenters. The van der Waals surface area contributed by atoms with Crippen LogP contribution in [0, 0.1) is 6.92 Å². The highest BCUT2D eigenvalue weighted by Gasteiger charge is 2.06. The molecule has 0 aromatic carbocycles. The van der Waals surface area contributed by atoms with Gasteiger partial charge in [-0.1, -0.05) is 0 Å². The van der Waals surface area contributed by atoms with Gasteiger partial charge in [-0.25, -0.2) is 9.50 Å². The van der Waals surface area contributed by atoms with Gasteiger partial charge in [0.1, 0.15) is 0 Å². The fourth-order valence-electron chi connectivity index (χ4n) is 1.74. The Kier molecular flexibility index (Phi) is 1.93. The van der Waals surface area contributed by atoms with Gasteiger partial charge in [-0.3, -0.25) is 4.98 Å². The molecule has 4 nitrogen and oxygen atoms in total. The lowest BCUT2D eigenvalue weighted by Crippen LogP contribution is -1.88. The van der Waals surface area contributed by atoms with Crippen molar-refractivity contribution in [2.75, 3.05) is 0 Å². The molecule has 0 spiro atoms. The van der Waals surface area contributed by atoms with Gasteiger partial charge in [-0.05, 0) is 30.7 Å². The molecular formula is C12H10N4. The molecule has 3 aromatic heterocycles. The largest absolute Gasteiger partial charge is 0.262 e. The van der Waals surface area contributed by atoms with E-state index in [0.29, 0.717) is 0 Å². The molecule has 0 saturated carbocycles. The molecule has 3 rings (SSSR count). The second-order valence-corrected chi connectivity index (χ2v) is 3.63. The summed E-state index contributed by atoms with van der Waals surface area (Å²) < 4.78 is 1.77. The van der Waals surface area contributed by atoms with Crippen molar-refractivity contribution in [2.24, 2.45) is 0 Å². The van der Waals surface area contributed by atoms with Gasteiger partial charge < -0.3 is 0 Å². The summed E-state index contributed by atoms with van der Waals surface area (Å²) in [4.78, 5) is 8.51. The van der Waals surface area contributed by atoms with Crippen LogP contribution in [0.25, 0.3) is 16.8 Å². The summed E-state index contributed by atoms with van der Waals surface area (Å²) in [6, 6.07) is 5.87. The van der Waals surface area contributed by atoms with Gasteiger partial charge >= 0.3 is 0 Å². The lowest BCUT2D eigenvalue weighted by Gasteiger charge is -1.99. The molecule has 0 bridgehead atoms. The third kappa shape index (κ3) is 1.35. The first kappa shape index (κ1) is 9.03. The standard InChI is InChI=1S/C12H10N4/c1-9-7-10(3-5-13-9)11-8-15-16-6-2-4-14-12(11)16/h2-8H,1H3. The number of rotatable bonds is 1. The summed E-state index contributed by atoms with van der Waals surface area (Å²) in [6.07, 6.45) is 7.29. The molecule has 16 heavy (non-hydrogen) atoms. The molecule has 0 N–H and O–H groups in total. The topological polar surface area (TPSA) is 43.1 Å². The van der Waals surface area contributed by atoms with Crippen LogP contribution < -0.4 is 0 Å². The van der Waals surface area contributed by atoms with Crippen LogP contribution in [0.5, 0.6) is 0 Å². The van der Waals surface area contributed by atoms with Crippen LogP contribution in [0.2, 0.25) is 0 Å². The van der Waals surface area contributed by atoms with Gasteiger partial charge in [0.25, 0.3) is 0 Å². The van der Waals surface area contributed by atoms with Gasteiger partial charge in [-0.2, -0.15) is 5.10 Å². The zero-order valence-electron chi connectivity index (χ0n) is 8.83. The summed E-state index contributed by atoms with van der Waals surface area (Å²) in [6.45, 7) is 1.97. The highest BCUT2D eigenvalue weighted by Crippen LogP contribution is 2.22. The molecule has 3 heterocycles. The maximum absolute atomic E-state index is 4.33. The van der Waals surface area contributed by atoms with Crippen LogP contribution in [0.3, 0.4) is 0 Å². The Bertz CT molecular complexity index is 642. The van der Waals surface area contributed by atoms with E-state index in [0.717, 1.165) is 22.5 Å². The number of pyridine rings is 1. The van der Waals surface area contributed by atoms with E-state index in [-0.39, 0.29) is 0 Å². The third-order valence-corrected chi connectivity index (χ3v) is 2.49. The Hall–Kier alpha value is -2.23. The van der Waals surface area contributed by atoms with E-state index in [1.54, 1.807) is 16.9 Å². The van der Waals surface area contributed by atoms with Crippen molar-refractivity contribution in [1.82, 2.24) is 19.6 Å². The van der Waals surface area contributed by atoms with Crippen LogP contribution in [0.4, 0.5) is 0 Å². The maximum Gasteiger partial charge on any atom is 0.162 e. The van der Waals surface area contributed by atoms with E-state index < -0.39 is 0 Å². The Labute approximate surface area is 92.6 Å². The average Bonchev–Trinajstić information content (AvgIpc) is 2.72. The fourth-order valence-corrected chi connectivity index (χ4v) is 1.74. The van der Waals surface area contributed by atoms with Gasteiger partial charge in [0.2, 0.25) is 0 Å². The highest BCUT2D eigenvalue weighted by molar-refractivity contribution is 5.76. The van der Waals surface area contributed by atoms with Crippen molar-refractivity contribution in [2.45, 2.75) is 6.92 Å². The Morgan fingerprint density at radius 3 is 3.00 bits per heavy atom. The summed E-state index contributed by atoms with van der Waals surface area (Å²) in [7, 11) is 0. The van der Waals surface area contributed by atoms with E-state index >= 15 is 0 Å². The first-order valence-electron chi connectivity index (χ1n) is 5.06. The van der Waals surface area contributed by atoms with Crippen molar-refractivity contribution < 1.29 is 0 Å². The average molecular weight is 210 g/mol. The molecule has 78 valence electrons. The third-order valence-electron chi connectivity index (χ3n) is 2.49. The lowest BCUT2D eigenvalue weighted by molar-refractivity contribution is 0.939. The minimum atomic E-state index is 0.869. The summed E-state index contributed by atoms with van der Waals surface area (Å²) >= 11 is 0. The Balaban J connectivity index is 2.26. The van der Waals surface area contributed by atoms with Crippen LogP contribution in [-0.2, 0) is 0 Å². The molecule has 0 aliphatic heterocycles.